The van der Waals surface area contributed by atoms with Gasteiger partial charge >= 0.3 is 0 Å². The minimum absolute atomic E-state index is 0.0687. The first-order chi connectivity index (χ1) is 24.8. The number of aromatic nitrogens is 2. The maximum atomic E-state index is 13.7. The van der Waals surface area contributed by atoms with E-state index >= 15 is 0 Å². The summed E-state index contributed by atoms with van der Waals surface area (Å²) in [6.45, 7) is 5.68. The molecule has 0 saturated carbocycles. The largest absolute Gasteiger partial charge is 0.350 e. The van der Waals surface area contributed by atoms with Gasteiger partial charge in [-0.25, -0.2) is 0 Å². The Balaban J connectivity index is 1.06. The summed E-state index contributed by atoms with van der Waals surface area (Å²) in [5.74, 6) is -0.902. The van der Waals surface area contributed by atoms with Crippen LogP contribution in [0, 0.1) is 5.92 Å². The lowest BCUT2D eigenvalue weighted by Gasteiger charge is -2.36. The summed E-state index contributed by atoms with van der Waals surface area (Å²) in [4.78, 5) is 57.2. The van der Waals surface area contributed by atoms with Crippen molar-refractivity contribution in [3.8, 4) is 0 Å². The Morgan fingerprint density at radius 1 is 0.784 bits per heavy atom. The van der Waals surface area contributed by atoms with Crippen molar-refractivity contribution >= 4 is 23.6 Å². The molecule has 0 unspecified atom stereocenters. The Morgan fingerprint density at radius 3 is 2.06 bits per heavy atom. The van der Waals surface area contributed by atoms with E-state index in [1.54, 1.807) is 26.2 Å². The second-order valence-electron chi connectivity index (χ2n) is 13.5. The van der Waals surface area contributed by atoms with Crippen molar-refractivity contribution in [2.24, 2.45) is 13.0 Å². The summed E-state index contributed by atoms with van der Waals surface area (Å²) < 4.78 is 1.49. The summed E-state index contributed by atoms with van der Waals surface area (Å²) in [6, 6.07) is 26.4. The molecule has 0 bridgehead atoms. The average molecular weight is 690 g/mol. The number of benzene rings is 3. The van der Waals surface area contributed by atoms with E-state index < -0.39 is 12.1 Å². The van der Waals surface area contributed by atoms with E-state index in [2.05, 4.69) is 50.2 Å². The molecule has 0 spiro atoms. The van der Waals surface area contributed by atoms with Crippen LogP contribution in [0.5, 0.6) is 0 Å². The van der Waals surface area contributed by atoms with Crippen molar-refractivity contribution in [3.05, 3.63) is 125 Å². The number of hydrogen-bond acceptors (Lipinski definition) is 6. The van der Waals surface area contributed by atoms with Gasteiger partial charge in [-0.15, -0.1) is 0 Å². The lowest BCUT2D eigenvalue weighted by atomic mass is 9.95. The number of hydrogen-bond donors (Lipinski definition) is 3. The van der Waals surface area contributed by atoms with E-state index in [4.69, 9.17) is 0 Å². The minimum atomic E-state index is -0.728. The molecule has 266 valence electrons. The highest BCUT2D eigenvalue weighted by Crippen LogP contribution is 2.29. The molecule has 0 radical (unpaired) electrons. The molecule has 4 aromatic rings. The Hall–Kier alpha value is -5.29. The normalized spacial score (nSPS) is 15.8. The lowest BCUT2D eigenvalue weighted by molar-refractivity contribution is -0.138. The molecule has 1 aromatic heterocycles. The number of nitrogens with one attached hydrogen (secondary N) is 3. The van der Waals surface area contributed by atoms with Gasteiger partial charge in [0.1, 0.15) is 17.8 Å². The molecular formula is C40H47N7O4. The molecule has 6 rings (SSSR count). The molecule has 1 fully saturated rings. The number of carbonyl (C=O) groups excluding carboxylic acids is 4. The average Bonchev–Trinajstić information content (AvgIpc) is 3.79. The number of amides is 4. The van der Waals surface area contributed by atoms with E-state index in [1.807, 2.05) is 59.5 Å². The molecule has 2 atom stereocenters. The van der Waals surface area contributed by atoms with Crippen LogP contribution in [0.15, 0.2) is 91.1 Å². The highest BCUT2D eigenvalue weighted by Gasteiger charge is 2.35. The molecule has 51 heavy (non-hydrogen) atoms. The number of carbonyl (C=O) groups is 4. The fourth-order valence-electron chi connectivity index (χ4n) is 7.05. The van der Waals surface area contributed by atoms with E-state index in [0.717, 1.165) is 30.8 Å². The smallest absolute Gasteiger partial charge is 0.270 e. The fourth-order valence-corrected chi connectivity index (χ4v) is 7.05. The van der Waals surface area contributed by atoms with Crippen molar-refractivity contribution in [2.45, 2.75) is 57.8 Å². The van der Waals surface area contributed by atoms with Crippen molar-refractivity contribution in [1.29, 1.82) is 0 Å². The summed E-state index contributed by atoms with van der Waals surface area (Å²) in [6.07, 6.45) is 3.62. The third-order valence-electron chi connectivity index (χ3n) is 9.99. The molecule has 3 N–H and O–H groups in total. The van der Waals surface area contributed by atoms with Crippen LogP contribution < -0.4 is 16.0 Å². The van der Waals surface area contributed by atoms with Gasteiger partial charge in [0.25, 0.3) is 5.91 Å². The first kappa shape index (κ1) is 35.5. The van der Waals surface area contributed by atoms with Crippen molar-refractivity contribution in [1.82, 2.24) is 35.5 Å². The maximum absolute atomic E-state index is 13.7. The van der Waals surface area contributed by atoms with Crippen LogP contribution in [-0.2, 0) is 53.8 Å². The molecule has 4 amide bonds. The van der Waals surface area contributed by atoms with Crippen LogP contribution in [-0.4, -0.2) is 81.5 Å². The van der Waals surface area contributed by atoms with Gasteiger partial charge in [0.15, 0.2) is 0 Å². The first-order valence-corrected chi connectivity index (χ1v) is 17.8. The monoisotopic (exact) mass is 689 g/mol. The number of piperazine rings is 1. The van der Waals surface area contributed by atoms with Crippen molar-refractivity contribution in [2.75, 3.05) is 26.2 Å². The summed E-state index contributed by atoms with van der Waals surface area (Å²) in [5, 5.41) is 13.1. The Bertz CT molecular complexity index is 1790. The quantitative estimate of drug-likeness (QED) is 0.198. The highest BCUT2D eigenvalue weighted by atomic mass is 16.2. The summed E-state index contributed by atoms with van der Waals surface area (Å²) >= 11 is 0. The van der Waals surface area contributed by atoms with E-state index in [1.165, 1.54) is 21.4 Å². The van der Waals surface area contributed by atoms with Gasteiger partial charge in [-0.1, -0.05) is 85.8 Å². The van der Waals surface area contributed by atoms with E-state index in [0.29, 0.717) is 44.5 Å². The Morgan fingerprint density at radius 2 is 1.43 bits per heavy atom. The summed E-state index contributed by atoms with van der Waals surface area (Å²) in [7, 11) is 1.70. The predicted molar refractivity (Wildman–Crippen MR) is 194 cm³/mol. The predicted octanol–water partition coefficient (Wildman–Crippen LogP) is 3.03. The van der Waals surface area contributed by atoms with Gasteiger partial charge in [0.05, 0.1) is 0 Å². The number of aryl methyl sites for hydroxylation is 1. The van der Waals surface area contributed by atoms with E-state index in [9.17, 15) is 19.2 Å². The third-order valence-corrected chi connectivity index (χ3v) is 9.99. The molecule has 11 heteroatoms. The molecule has 1 aliphatic heterocycles. The van der Waals surface area contributed by atoms with Gasteiger partial charge in [-0.3, -0.25) is 28.8 Å². The zero-order valence-corrected chi connectivity index (χ0v) is 29.4. The lowest BCUT2D eigenvalue weighted by Crippen LogP contribution is -2.55. The van der Waals surface area contributed by atoms with Gasteiger partial charge in [0, 0.05) is 65.4 Å². The van der Waals surface area contributed by atoms with Gasteiger partial charge < -0.3 is 20.9 Å². The molecule has 3 aromatic carbocycles. The molecule has 2 heterocycles. The van der Waals surface area contributed by atoms with Crippen LogP contribution in [0.25, 0.3) is 0 Å². The second kappa shape index (κ2) is 16.6. The molecular weight excluding hydrogens is 642 g/mol. The van der Waals surface area contributed by atoms with Gasteiger partial charge in [-0.2, -0.15) is 5.10 Å². The first-order valence-electron chi connectivity index (χ1n) is 17.8. The summed E-state index contributed by atoms with van der Waals surface area (Å²) in [5.41, 5.74) is 5.82. The molecule has 11 nitrogen and oxygen atoms in total. The SMILES string of the molecule is CCC(=O)N[C@H](Cc1ccc(CNC(=O)[C@@H](NC(=O)c2ccnn2C)C2Cc3ccccc3C2)cc1)C(=O)N1CCN(Cc2ccccc2)CC1. The van der Waals surface area contributed by atoms with Crippen LogP contribution in [0.2, 0.25) is 0 Å². The van der Waals surface area contributed by atoms with Crippen LogP contribution >= 0.6 is 0 Å². The molecule has 1 saturated heterocycles. The molecule has 2 aliphatic rings. The second-order valence-corrected chi connectivity index (χ2v) is 13.5. The highest BCUT2D eigenvalue weighted by molar-refractivity contribution is 5.96. The third kappa shape index (κ3) is 9.09. The van der Waals surface area contributed by atoms with E-state index in [-0.39, 0.29) is 36.1 Å². The minimum Gasteiger partial charge on any atom is -0.350 e. The zero-order chi connectivity index (χ0) is 35.7. The number of rotatable bonds is 13. The standard InChI is InChI=1S/C40H47N7O4/c1-3-36(48)43-34(40(51)47-21-19-46(20-22-47)27-30-9-5-4-6-10-30)23-28-13-15-29(16-14-28)26-41-39(50)37(44-38(49)35-17-18-42-45(35)2)33-24-31-11-7-8-12-32(31)25-33/h4-18,33-34,37H,3,19-27H2,1-2H3,(H,41,50)(H,43,48)(H,44,49)/t34-,37+/m1/s1. The van der Waals surface area contributed by atoms with Crippen LogP contribution in [0.1, 0.15) is 51.7 Å². The zero-order valence-electron chi connectivity index (χ0n) is 29.4. The van der Waals surface area contributed by atoms with Crippen LogP contribution in [0.3, 0.4) is 0 Å². The number of fused-ring (bicyclic) bond motifs is 1. The Kier molecular flexibility index (Phi) is 11.6. The Labute approximate surface area is 299 Å². The maximum Gasteiger partial charge on any atom is 0.270 e. The van der Waals surface area contributed by atoms with Gasteiger partial charge in [0.2, 0.25) is 17.7 Å². The molecule has 1 aliphatic carbocycles. The van der Waals surface area contributed by atoms with Crippen LogP contribution in [0.4, 0.5) is 0 Å². The van der Waals surface area contributed by atoms with Crippen molar-refractivity contribution in [3.63, 3.8) is 0 Å². The topological polar surface area (TPSA) is 129 Å². The van der Waals surface area contributed by atoms with Gasteiger partial charge in [-0.05, 0) is 52.6 Å². The van der Waals surface area contributed by atoms with Crippen molar-refractivity contribution < 1.29 is 19.2 Å². The number of nitrogens with zero attached hydrogens (tertiary/aromatic N) is 4. The fraction of sp³-hybridized carbons (Fsp3) is 0.375.